The van der Waals surface area contributed by atoms with Gasteiger partial charge in [0.05, 0.1) is 55.1 Å². The Labute approximate surface area is 242 Å². The Bertz CT molecular complexity index is 1510. The van der Waals surface area contributed by atoms with Gasteiger partial charge in [0.2, 0.25) is 5.91 Å². The summed E-state index contributed by atoms with van der Waals surface area (Å²) in [5.74, 6) is -2.51. The predicted molar refractivity (Wildman–Crippen MR) is 148 cm³/mol. The van der Waals surface area contributed by atoms with E-state index in [2.05, 4.69) is 0 Å². The molecule has 2 heterocycles. The summed E-state index contributed by atoms with van der Waals surface area (Å²) in [5, 5.41) is -0.662. The van der Waals surface area contributed by atoms with Crippen molar-refractivity contribution in [2.24, 2.45) is 5.92 Å². The summed E-state index contributed by atoms with van der Waals surface area (Å²) in [7, 11) is 0. The van der Waals surface area contributed by atoms with Crippen molar-refractivity contribution in [1.82, 2.24) is 0 Å². The Morgan fingerprint density at radius 2 is 1.54 bits per heavy atom. The number of amides is 3. The Morgan fingerprint density at radius 3 is 2.18 bits per heavy atom. The van der Waals surface area contributed by atoms with Gasteiger partial charge in [-0.3, -0.25) is 19.2 Å². The molecule has 0 radical (unpaired) electrons. The molecule has 0 N–H and O–H groups in total. The van der Waals surface area contributed by atoms with Crippen LogP contribution in [0.5, 0.6) is 11.5 Å². The van der Waals surface area contributed by atoms with Crippen LogP contribution in [0.1, 0.15) is 34.1 Å². The van der Waals surface area contributed by atoms with Crippen molar-refractivity contribution in [3.05, 3.63) is 79.7 Å². The first-order valence-electron chi connectivity index (χ1n) is 11.7. The minimum Gasteiger partial charge on any atom is -0.492 e. The van der Waals surface area contributed by atoms with Gasteiger partial charge >= 0.3 is 5.97 Å². The van der Waals surface area contributed by atoms with Crippen molar-refractivity contribution in [1.29, 1.82) is 0 Å². The van der Waals surface area contributed by atoms with Crippen LogP contribution in [0.3, 0.4) is 0 Å². The summed E-state index contributed by atoms with van der Waals surface area (Å²) >= 11 is 24.6. The van der Waals surface area contributed by atoms with Crippen molar-refractivity contribution < 1.29 is 28.7 Å². The number of anilines is 2. The first-order chi connectivity index (χ1) is 18.6. The molecule has 3 amide bonds. The maximum atomic E-state index is 13.2. The summed E-state index contributed by atoms with van der Waals surface area (Å²) in [6.07, 6.45) is -0.0457. The Balaban J connectivity index is 1.36. The number of ether oxygens (including phenoxy) is 2. The lowest BCUT2D eigenvalue weighted by Crippen LogP contribution is -2.29. The number of nitrogens with zero attached hydrogens (tertiary/aromatic N) is 2. The fourth-order valence-corrected chi connectivity index (χ4v) is 5.54. The summed E-state index contributed by atoms with van der Waals surface area (Å²) in [5.41, 5.74) is 0.353. The number of fused-ring (bicyclic) bond motifs is 1. The fourth-order valence-electron chi connectivity index (χ4n) is 4.53. The molecule has 0 aromatic heterocycles. The molecule has 0 bridgehead atoms. The summed E-state index contributed by atoms with van der Waals surface area (Å²) in [4.78, 5) is 54.4. The van der Waals surface area contributed by atoms with E-state index < -0.39 is 23.7 Å². The Hall–Kier alpha value is -3.30. The van der Waals surface area contributed by atoms with E-state index in [1.807, 2.05) is 6.92 Å². The second kappa shape index (κ2) is 10.7. The zero-order chi connectivity index (χ0) is 28.0. The third-order valence-electron chi connectivity index (χ3n) is 6.31. The van der Waals surface area contributed by atoms with Crippen LogP contribution in [0, 0.1) is 5.92 Å². The molecule has 0 spiro atoms. The SMILES string of the molecule is CCOc1ccccc1N1C[C@@H](C(=O)Oc2cccc(N3C(=O)c4c(Cl)c(Cl)c(Cl)c(Cl)c4C3=O)c2)CC1=O. The Kier molecular flexibility index (Phi) is 7.48. The van der Waals surface area contributed by atoms with Crippen LogP contribution in [-0.4, -0.2) is 36.8 Å². The molecule has 0 saturated carbocycles. The third-order valence-corrected chi connectivity index (χ3v) is 8.11. The highest BCUT2D eigenvalue weighted by atomic mass is 35.5. The number of benzene rings is 3. The molecule has 5 rings (SSSR count). The molecule has 39 heavy (non-hydrogen) atoms. The molecule has 3 aromatic rings. The van der Waals surface area contributed by atoms with E-state index in [1.54, 1.807) is 24.3 Å². The van der Waals surface area contributed by atoms with Crippen LogP contribution in [-0.2, 0) is 9.59 Å². The average molecular weight is 608 g/mol. The van der Waals surface area contributed by atoms with E-state index in [0.717, 1.165) is 4.90 Å². The van der Waals surface area contributed by atoms with Crippen LogP contribution in [0.4, 0.5) is 11.4 Å². The van der Waals surface area contributed by atoms with Gasteiger partial charge < -0.3 is 14.4 Å². The molecule has 200 valence electrons. The molecule has 8 nitrogen and oxygen atoms in total. The van der Waals surface area contributed by atoms with Crippen LogP contribution >= 0.6 is 46.4 Å². The minimum atomic E-state index is -0.756. The van der Waals surface area contributed by atoms with Gasteiger partial charge in [-0.05, 0) is 31.2 Å². The monoisotopic (exact) mass is 606 g/mol. The van der Waals surface area contributed by atoms with Gasteiger partial charge in [0, 0.05) is 19.0 Å². The zero-order valence-electron chi connectivity index (χ0n) is 20.2. The lowest BCUT2D eigenvalue weighted by atomic mass is 10.1. The number of rotatable bonds is 6. The number of carbonyl (C=O) groups excluding carboxylic acids is 4. The first-order valence-corrected chi connectivity index (χ1v) is 13.2. The standard InChI is InChI=1S/C27H18Cl4N2O6/c1-2-38-17-9-4-3-8-16(17)32-12-13(10-18(32)34)27(37)39-15-7-5-6-14(11-15)33-25(35)19-20(26(33)36)22(29)24(31)23(30)21(19)28/h3-9,11,13H,2,10,12H2,1H3/t13-/m0/s1. The number of carbonyl (C=O) groups is 4. The summed E-state index contributed by atoms with van der Waals surface area (Å²) in [6.45, 7) is 2.37. The Morgan fingerprint density at radius 1 is 0.897 bits per heavy atom. The lowest BCUT2D eigenvalue weighted by Gasteiger charge is -2.20. The number of esters is 1. The van der Waals surface area contributed by atoms with E-state index in [1.165, 1.54) is 29.2 Å². The average Bonchev–Trinajstić information content (AvgIpc) is 3.43. The van der Waals surface area contributed by atoms with Crippen molar-refractivity contribution in [3.63, 3.8) is 0 Å². The van der Waals surface area contributed by atoms with Crippen LogP contribution in [0.25, 0.3) is 0 Å². The molecule has 2 aliphatic heterocycles. The largest absolute Gasteiger partial charge is 0.492 e. The van der Waals surface area contributed by atoms with Gasteiger partial charge in [-0.2, -0.15) is 0 Å². The third kappa shape index (κ3) is 4.72. The van der Waals surface area contributed by atoms with Gasteiger partial charge in [-0.25, -0.2) is 4.90 Å². The van der Waals surface area contributed by atoms with E-state index in [4.69, 9.17) is 55.9 Å². The summed E-state index contributed by atoms with van der Waals surface area (Å²) in [6, 6.07) is 12.9. The molecule has 0 unspecified atom stereocenters. The van der Waals surface area contributed by atoms with Crippen molar-refractivity contribution in [2.45, 2.75) is 13.3 Å². The summed E-state index contributed by atoms with van der Waals surface area (Å²) < 4.78 is 11.2. The highest BCUT2D eigenvalue weighted by Gasteiger charge is 2.43. The molecule has 1 saturated heterocycles. The topological polar surface area (TPSA) is 93.2 Å². The van der Waals surface area contributed by atoms with Crippen molar-refractivity contribution in [2.75, 3.05) is 23.0 Å². The molecule has 2 aliphatic rings. The number of hydrogen-bond acceptors (Lipinski definition) is 6. The van der Waals surface area contributed by atoms with Gasteiger partial charge in [0.25, 0.3) is 11.8 Å². The van der Waals surface area contributed by atoms with Gasteiger partial charge in [0.1, 0.15) is 11.5 Å². The first kappa shape index (κ1) is 27.3. The maximum Gasteiger partial charge on any atom is 0.316 e. The van der Waals surface area contributed by atoms with Crippen LogP contribution in [0.2, 0.25) is 20.1 Å². The van der Waals surface area contributed by atoms with Gasteiger partial charge in [-0.1, -0.05) is 64.6 Å². The number of halogens is 4. The van der Waals surface area contributed by atoms with E-state index >= 15 is 0 Å². The minimum absolute atomic E-state index is 0.0457. The molecule has 3 aromatic carbocycles. The quantitative estimate of drug-likeness (QED) is 0.105. The van der Waals surface area contributed by atoms with Crippen molar-refractivity contribution in [3.8, 4) is 11.5 Å². The fraction of sp³-hybridized carbons (Fsp3) is 0.185. The highest BCUT2D eigenvalue weighted by Crippen LogP contribution is 2.46. The lowest BCUT2D eigenvalue weighted by molar-refractivity contribution is -0.139. The normalized spacial score (nSPS) is 16.6. The van der Waals surface area contributed by atoms with Gasteiger partial charge in [0.15, 0.2) is 0 Å². The molecule has 1 atom stereocenters. The van der Waals surface area contributed by atoms with E-state index in [-0.39, 0.29) is 61.5 Å². The molecule has 12 heteroatoms. The molecular formula is C27H18Cl4N2O6. The second-order valence-corrected chi connectivity index (χ2v) is 10.2. The number of para-hydroxylation sites is 2. The smallest absolute Gasteiger partial charge is 0.316 e. The van der Waals surface area contributed by atoms with Crippen LogP contribution < -0.4 is 19.3 Å². The predicted octanol–water partition coefficient (Wildman–Crippen LogP) is 6.46. The number of imide groups is 1. The van der Waals surface area contributed by atoms with Gasteiger partial charge in [-0.15, -0.1) is 0 Å². The number of hydrogen-bond donors (Lipinski definition) is 0. The van der Waals surface area contributed by atoms with E-state index in [9.17, 15) is 19.2 Å². The zero-order valence-corrected chi connectivity index (χ0v) is 23.2. The maximum absolute atomic E-state index is 13.2. The van der Waals surface area contributed by atoms with Crippen molar-refractivity contribution >= 4 is 81.5 Å². The van der Waals surface area contributed by atoms with Crippen LogP contribution in [0.15, 0.2) is 48.5 Å². The molecule has 0 aliphatic carbocycles. The van der Waals surface area contributed by atoms with E-state index in [0.29, 0.717) is 18.0 Å². The highest BCUT2D eigenvalue weighted by molar-refractivity contribution is 6.56. The molecular weight excluding hydrogens is 590 g/mol. The second-order valence-electron chi connectivity index (χ2n) is 8.68. The molecule has 1 fully saturated rings.